The molecule has 23 heavy (non-hydrogen) atoms. The number of hydrogen-bond donors (Lipinski definition) is 2. The monoisotopic (exact) mass is 321 g/mol. The molecule has 0 amide bonds. The van der Waals surface area contributed by atoms with Crippen LogP contribution < -0.4 is 0 Å². The number of phenolic OH excluding ortho intramolecular Hbond substituents is 1. The highest BCUT2D eigenvalue weighted by Gasteiger charge is 2.81. The van der Waals surface area contributed by atoms with Gasteiger partial charge in [-0.3, -0.25) is 0 Å². The number of rotatable bonds is 2. The van der Waals surface area contributed by atoms with Crippen LogP contribution in [0.25, 0.3) is 0 Å². The van der Waals surface area contributed by atoms with Gasteiger partial charge in [0, 0.05) is 22.0 Å². The highest BCUT2D eigenvalue weighted by atomic mass is 17.3. The number of phenols is 1. The average Bonchev–Trinajstić information content (AvgIpc) is 2.55. The number of fused-ring (bicyclic) bond motifs is 1. The van der Waals surface area contributed by atoms with Gasteiger partial charge in [-0.05, 0) is 12.1 Å². The second-order valence-electron chi connectivity index (χ2n) is 7.91. The number of hydrogen-bond acceptors (Lipinski definition) is 6. The van der Waals surface area contributed by atoms with Crippen LogP contribution >= 0.6 is 0 Å². The lowest BCUT2D eigenvalue weighted by Crippen LogP contribution is -2.73. The van der Waals surface area contributed by atoms with Crippen molar-refractivity contribution in [1.29, 1.82) is 0 Å². The summed E-state index contributed by atoms with van der Waals surface area (Å²) >= 11 is 0. The molecule has 2 heterocycles. The maximum absolute atomic E-state index is 10.2. The Morgan fingerprint density at radius 3 is 2.39 bits per heavy atom. The minimum absolute atomic E-state index is 0.0127. The van der Waals surface area contributed by atoms with Gasteiger partial charge in [-0.15, -0.1) is 0 Å². The predicted octanol–water partition coefficient (Wildman–Crippen LogP) is 3.16. The molecule has 2 aliphatic heterocycles. The fourth-order valence-electron chi connectivity index (χ4n) is 4.16. The Bertz CT molecular complexity index is 663. The summed E-state index contributed by atoms with van der Waals surface area (Å²) in [5.41, 5.74) is -0.133. The van der Waals surface area contributed by atoms with Crippen molar-refractivity contribution in [2.45, 2.75) is 46.0 Å². The Hall–Kier alpha value is -1.63. The summed E-state index contributed by atoms with van der Waals surface area (Å²) in [6.07, 6.45) is 1.17. The molecule has 0 aliphatic carbocycles. The molecule has 2 N–H and O–H groups in total. The zero-order chi connectivity index (χ0) is 17.1. The van der Waals surface area contributed by atoms with Crippen LogP contribution in [0.3, 0.4) is 0 Å². The van der Waals surface area contributed by atoms with Crippen LogP contribution in [0.5, 0.6) is 5.75 Å². The van der Waals surface area contributed by atoms with Crippen molar-refractivity contribution in [2.24, 2.45) is 16.0 Å². The van der Waals surface area contributed by atoms with Crippen molar-refractivity contribution in [3.63, 3.8) is 0 Å². The number of ether oxygens (including phenoxy) is 1. The third kappa shape index (κ3) is 1.83. The van der Waals surface area contributed by atoms with Crippen molar-refractivity contribution in [3.8, 4) is 5.75 Å². The molecule has 6 nitrogen and oxygen atoms in total. The summed E-state index contributed by atoms with van der Waals surface area (Å²) in [5, 5.41) is 21.7. The zero-order valence-electron chi connectivity index (χ0n) is 14.1. The summed E-state index contributed by atoms with van der Waals surface area (Å²) in [6, 6.07) is 5.02. The lowest BCUT2D eigenvalue weighted by Gasteiger charge is -2.61. The van der Waals surface area contributed by atoms with Gasteiger partial charge in [0.05, 0.1) is 12.8 Å². The van der Waals surface area contributed by atoms with E-state index in [4.69, 9.17) is 19.7 Å². The minimum atomic E-state index is -1.07. The Balaban J connectivity index is 2.14. The van der Waals surface area contributed by atoms with Gasteiger partial charge in [-0.1, -0.05) is 45.8 Å². The van der Waals surface area contributed by atoms with Crippen molar-refractivity contribution >= 4 is 6.21 Å². The largest absolute Gasteiger partial charge is 0.507 e. The topological polar surface area (TPSA) is 80.5 Å². The van der Waals surface area contributed by atoms with Crippen molar-refractivity contribution < 1.29 is 24.8 Å². The summed E-state index contributed by atoms with van der Waals surface area (Å²) in [4.78, 5) is 11.3. The predicted molar refractivity (Wildman–Crippen MR) is 83.3 cm³/mol. The van der Waals surface area contributed by atoms with E-state index in [1.807, 2.05) is 0 Å². The third-order valence-corrected chi connectivity index (χ3v) is 5.00. The molecule has 2 atom stereocenters. The Morgan fingerprint density at radius 2 is 1.91 bits per heavy atom. The molecule has 2 fully saturated rings. The molecular formula is C17H23NO5. The molecule has 2 saturated heterocycles. The summed E-state index contributed by atoms with van der Waals surface area (Å²) < 4.78 is 6.08. The highest BCUT2D eigenvalue weighted by molar-refractivity contribution is 5.83. The SMILES string of the molecule is CC(C)(C)C12OOC1(c1ccc(/C=N\O)c(O)c1)OCC2(C)C. The van der Waals surface area contributed by atoms with E-state index in [-0.39, 0.29) is 16.6 Å². The fraction of sp³-hybridized carbons (Fsp3) is 0.588. The molecule has 3 rings (SSSR count). The second-order valence-corrected chi connectivity index (χ2v) is 7.91. The molecule has 0 saturated carbocycles. The van der Waals surface area contributed by atoms with E-state index in [2.05, 4.69) is 39.8 Å². The van der Waals surface area contributed by atoms with Crippen LogP contribution in [0.1, 0.15) is 45.7 Å². The van der Waals surface area contributed by atoms with Gasteiger partial charge in [0.25, 0.3) is 5.79 Å². The lowest BCUT2D eigenvalue weighted by atomic mass is 9.57. The maximum atomic E-state index is 10.2. The summed E-state index contributed by atoms with van der Waals surface area (Å²) in [7, 11) is 0. The van der Waals surface area contributed by atoms with E-state index in [1.165, 1.54) is 6.21 Å². The first kappa shape index (κ1) is 16.2. The normalized spacial score (nSPS) is 32.7. The number of benzene rings is 1. The van der Waals surface area contributed by atoms with Gasteiger partial charge in [0.15, 0.2) is 5.60 Å². The van der Waals surface area contributed by atoms with Crippen molar-refractivity contribution in [2.75, 3.05) is 6.61 Å². The zero-order valence-corrected chi connectivity index (χ0v) is 14.1. The van der Waals surface area contributed by atoms with Gasteiger partial charge < -0.3 is 15.1 Å². The standard InChI is InChI=1S/C17H23NO5/c1-14(2,3)17-15(4,5)10-21-16(17,22-23-17)12-7-6-11(9-18-20)13(19)8-12/h6-9,19-20H,10H2,1-5H3/b18-9-. The molecule has 1 aromatic rings. The van der Waals surface area contributed by atoms with E-state index >= 15 is 0 Å². The smallest absolute Gasteiger partial charge is 0.261 e. The molecule has 0 aromatic heterocycles. The average molecular weight is 321 g/mol. The third-order valence-electron chi connectivity index (χ3n) is 5.00. The van der Waals surface area contributed by atoms with Crippen LogP contribution in [0.4, 0.5) is 0 Å². The maximum Gasteiger partial charge on any atom is 0.261 e. The van der Waals surface area contributed by atoms with E-state index in [9.17, 15) is 5.11 Å². The van der Waals surface area contributed by atoms with Crippen LogP contribution in [0.2, 0.25) is 0 Å². The van der Waals surface area contributed by atoms with Crippen LogP contribution in [0.15, 0.2) is 23.4 Å². The number of nitrogens with zero attached hydrogens (tertiary/aromatic N) is 1. The first-order valence-corrected chi connectivity index (χ1v) is 7.63. The van der Waals surface area contributed by atoms with Gasteiger partial charge in [0.2, 0.25) is 0 Å². The highest BCUT2D eigenvalue weighted by Crippen LogP contribution is 2.69. The Kier molecular flexibility index (Phi) is 3.31. The van der Waals surface area contributed by atoms with Crippen LogP contribution in [0, 0.1) is 10.8 Å². The molecule has 2 aliphatic rings. The van der Waals surface area contributed by atoms with Gasteiger partial charge in [0.1, 0.15) is 5.75 Å². The van der Waals surface area contributed by atoms with Crippen LogP contribution in [-0.4, -0.2) is 28.7 Å². The van der Waals surface area contributed by atoms with Gasteiger partial charge >= 0.3 is 0 Å². The van der Waals surface area contributed by atoms with Crippen LogP contribution in [-0.2, 0) is 20.3 Å². The lowest BCUT2D eigenvalue weighted by molar-refractivity contribution is -0.626. The molecule has 0 radical (unpaired) electrons. The van der Waals surface area contributed by atoms with E-state index in [1.54, 1.807) is 18.2 Å². The summed E-state index contributed by atoms with van der Waals surface area (Å²) in [5.74, 6) is -1.08. The molecule has 1 aromatic carbocycles. The molecule has 6 heteroatoms. The number of oxime groups is 1. The van der Waals surface area contributed by atoms with Gasteiger partial charge in [-0.2, -0.15) is 4.89 Å². The van der Waals surface area contributed by atoms with E-state index < -0.39 is 11.4 Å². The molecule has 0 bridgehead atoms. The molecule has 2 unspecified atom stereocenters. The fourth-order valence-corrected chi connectivity index (χ4v) is 4.16. The second kappa shape index (κ2) is 4.69. The first-order chi connectivity index (χ1) is 10.6. The number of aromatic hydroxyl groups is 1. The molecule has 126 valence electrons. The van der Waals surface area contributed by atoms with E-state index in [0.29, 0.717) is 17.7 Å². The molecule has 0 spiro atoms. The first-order valence-electron chi connectivity index (χ1n) is 7.63. The van der Waals surface area contributed by atoms with Crippen molar-refractivity contribution in [1.82, 2.24) is 0 Å². The Labute approximate surface area is 135 Å². The Morgan fingerprint density at radius 1 is 1.22 bits per heavy atom. The minimum Gasteiger partial charge on any atom is -0.507 e. The molecular weight excluding hydrogens is 298 g/mol. The summed E-state index contributed by atoms with van der Waals surface area (Å²) in [6.45, 7) is 10.9. The van der Waals surface area contributed by atoms with E-state index in [0.717, 1.165) is 0 Å². The quantitative estimate of drug-likeness (QED) is 0.378. The van der Waals surface area contributed by atoms with Gasteiger partial charge in [-0.25, -0.2) is 4.89 Å². The van der Waals surface area contributed by atoms with Crippen molar-refractivity contribution in [3.05, 3.63) is 29.3 Å².